The predicted molar refractivity (Wildman–Crippen MR) is 59.5 cm³/mol. The predicted octanol–water partition coefficient (Wildman–Crippen LogP) is 1.99. The van der Waals surface area contributed by atoms with E-state index < -0.39 is 11.2 Å². The average Bonchev–Trinajstić information content (AvgIpc) is 2.59. The summed E-state index contributed by atoms with van der Waals surface area (Å²) in [6.45, 7) is 0. The summed E-state index contributed by atoms with van der Waals surface area (Å²) >= 11 is -1.13. The number of Topliss-reactive ketones (excluding diaryl/α,β-unsaturated/α-hetero) is 1. The third kappa shape index (κ3) is 2.22. The van der Waals surface area contributed by atoms with E-state index in [1.54, 1.807) is 12.1 Å². The van der Waals surface area contributed by atoms with Gasteiger partial charge in [-0.1, -0.05) is 18.2 Å². The van der Waals surface area contributed by atoms with Crippen LogP contribution >= 0.6 is 0 Å². The highest BCUT2D eigenvalue weighted by Gasteiger charge is 2.16. The highest BCUT2D eigenvalue weighted by molar-refractivity contribution is 7.91. The minimum Gasteiger partial charge on any atom is -0.616 e. The first-order chi connectivity index (χ1) is 7.16. The van der Waals surface area contributed by atoms with Gasteiger partial charge in [-0.25, -0.2) is 0 Å². The van der Waals surface area contributed by atoms with Crippen LogP contribution in [0.5, 0.6) is 0 Å². The molecule has 1 unspecified atom stereocenters. The average molecular weight is 222 g/mol. The van der Waals surface area contributed by atoms with E-state index in [4.69, 9.17) is 4.42 Å². The van der Waals surface area contributed by atoms with Crippen LogP contribution in [0.15, 0.2) is 34.7 Å². The van der Waals surface area contributed by atoms with Crippen molar-refractivity contribution in [2.75, 3.05) is 12.0 Å². The molecule has 0 bridgehead atoms. The molecule has 3 nitrogen and oxygen atoms in total. The van der Waals surface area contributed by atoms with Crippen LogP contribution in [0.1, 0.15) is 10.6 Å². The van der Waals surface area contributed by atoms with Crippen LogP contribution in [-0.2, 0) is 11.2 Å². The quantitative estimate of drug-likeness (QED) is 0.589. The zero-order valence-corrected chi connectivity index (χ0v) is 9.04. The van der Waals surface area contributed by atoms with Crippen molar-refractivity contribution in [2.24, 2.45) is 0 Å². The van der Waals surface area contributed by atoms with Crippen LogP contribution in [0.4, 0.5) is 0 Å². The molecular formula is C11H10O3S. The van der Waals surface area contributed by atoms with Crippen molar-refractivity contribution in [3.63, 3.8) is 0 Å². The summed E-state index contributed by atoms with van der Waals surface area (Å²) < 4.78 is 16.2. The number of para-hydroxylation sites is 1. The van der Waals surface area contributed by atoms with Gasteiger partial charge in [-0.2, -0.15) is 0 Å². The Labute approximate surface area is 90.3 Å². The minimum atomic E-state index is -1.13. The Morgan fingerprint density at radius 1 is 1.47 bits per heavy atom. The summed E-state index contributed by atoms with van der Waals surface area (Å²) in [6.07, 6.45) is 1.50. The Bertz CT molecular complexity index is 454. The fourth-order valence-electron chi connectivity index (χ4n) is 1.38. The maximum absolute atomic E-state index is 11.5. The summed E-state index contributed by atoms with van der Waals surface area (Å²) in [5, 5.41) is 0.891. The fourth-order valence-corrected chi connectivity index (χ4v) is 1.89. The van der Waals surface area contributed by atoms with E-state index >= 15 is 0 Å². The number of ketones is 1. The van der Waals surface area contributed by atoms with Gasteiger partial charge in [0.2, 0.25) is 5.78 Å². The molecule has 1 aromatic heterocycles. The van der Waals surface area contributed by atoms with Gasteiger partial charge in [0.1, 0.15) is 5.58 Å². The summed E-state index contributed by atoms with van der Waals surface area (Å²) in [7, 11) is 0. The van der Waals surface area contributed by atoms with E-state index in [2.05, 4.69) is 0 Å². The van der Waals surface area contributed by atoms with E-state index in [0.29, 0.717) is 5.58 Å². The highest BCUT2D eigenvalue weighted by Crippen LogP contribution is 2.19. The lowest BCUT2D eigenvalue weighted by molar-refractivity contribution is 0.0992. The first kappa shape index (κ1) is 10.3. The summed E-state index contributed by atoms with van der Waals surface area (Å²) in [4.78, 5) is 11.5. The number of fused-ring (bicyclic) bond motifs is 1. The molecule has 0 aliphatic carbocycles. The van der Waals surface area contributed by atoms with Crippen LogP contribution in [-0.4, -0.2) is 22.3 Å². The molecule has 0 aliphatic heterocycles. The van der Waals surface area contributed by atoms with Crippen LogP contribution in [0.3, 0.4) is 0 Å². The van der Waals surface area contributed by atoms with Gasteiger partial charge in [0.05, 0.1) is 6.26 Å². The van der Waals surface area contributed by atoms with Crippen LogP contribution < -0.4 is 0 Å². The molecule has 4 heteroatoms. The van der Waals surface area contributed by atoms with E-state index in [0.717, 1.165) is 5.39 Å². The lowest BCUT2D eigenvalue weighted by atomic mass is 10.2. The lowest BCUT2D eigenvalue weighted by Crippen LogP contribution is -2.13. The third-order valence-corrected chi connectivity index (χ3v) is 2.70. The molecule has 1 heterocycles. The molecule has 0 amide bonds. The SMILES string of the molecule is C[S+]([O-])CC(=O)c1cc2ccccc2o1. The third-order valence-electron chi connectivity index (χ3n) is 2.03. The molecule has 78 valence electrons. The zero-order valence-electron chi connectivity index (χ0n) is 8.23. The smallest absolute Gasteiger partial charge is 0.246 e. The molecule has 1 atom stereocenters. The Morgan fingerprint density at radius 2 is 2.20 bits per heavy atom. The number of hydrogen-bond donors (Lipinski definition) is 0. The topological polar surface area (TPSA) is 53.3 Å². The van der Waals surface area contributed by atoms with Gasteiger partial charge >= 0.3 is 0 Å². The maximum Gasteiger partial charge on any atom is 0.246 e. The molecule has 2 aromatic rings. The van der Waals surface area contributed by atoms with Gasteiger partial charge in [0.15, 0.2) is 11.5 Å². The summed E-state index contributed by atoms with van der Waals surface area (Å²) in [5.74, 6) is 0.0817. The first-order valence-electron chi connectivity index (χ1n) is 4.48. The Morgan fingerprint density at radius 3 is 2.87 bits per heavy atom. The van der Waals surface area contributed by atoms with Crippen molar-refractivity contribution in [1.29, 1.82) is 0 Å². The second-order valence-corrected chi connectivity index (χ2v) is 4.72. The number of rotatable bonds is 3. The number of carbonyl (C=O) groups is 1. The molecule has 0 N–H and O–H groups in total. The first-order valence-corrected chi connectivity index (χ1v) is 6.21. The number of carbonyl (C=O) groups excluding carboxylic acids is 1. The molecule has 1 aromatic carbocycles. The van der Waals surface area contributed by atoms with Gasteiger partial charge in [-0.05, 0) is 23.3 Å². The Balaban J connectivity index is 2.32. The highest BCUT2D eigenvalue weighted by atomic mass is 32.2. The van der Waals surface area contributed by atoms with Gasteiger partial charge in [0.25, 0.3) is 0 Å². The largest absolute Gasteiger partial charge is 0.616 e. The van der Waals surface area contributed by atoms with Gasteiger partial charge in [0, 0.05) is 5.39 Å². The van der Waals surface area contributed by atoms with E-state index in [1.807, 2.05) is 18.2 Å². The van der Waals surface area contributed by atoms with Crippen molar-refractivity contribution in [3.05, 3.63) is 36.1 Å². The molecule has 2 rings (SSSR count). The standard InChI is InChI=1S/C11H10O3S/c1-15(13)7-9(12)11-6-8-4-2-3-5-10(8)14-11/h2-6H,7H2,1H3. The summed E-state index contributed by atoms with van der Waals surface area (Å²) in [6, 6.07) is 9.08. The maximum atomic E-state index is 11.5. The Kier molecular flexibility index (Phi) is 2.79. The van der Waals surface area contributed by atoms with Gasteiger partial charge < -0.3 is 8.97 Å². The molecular weight excluding hydrogens is 212 g/mol. The molecule has 0 fully saturated rings. The van der Waals surface area contributed by atoms with E-state index in [1.165, 1.54) is 6.26 Å². The minimum absolute atomic E-state index is 0.0137. The van der Waals surface area contributed by atoms with Crippen molar-refractivity contribution in [3.8, 4) is 0 Å². The lowest BCUT2D eigenvalue weighted by Gasteiger charge is -2.00. The van der Waals surface area contributed by atoms with Gasteiger partial charge in [-0.15, -0.1) is 0 Å². The second-order valence-electron chi connectivity index (χ2n) is 3.29. The van der Waals surface area contributed by atoms with Crippen LogP contribution in [0.2, 0.25) is 0 Å². The van der Waals surface area contributed by atoms with Crippen molar-refractivity contribution >= 4 is 27.9 Å². The normalized spacial score (nSPS) is 12.9. The molecule has 0 saturated heterocycles. The fraction of sp³-hybridized carbons (Fsp3) is 0.182. The Hall–Kier alpha value is -1.26. The number of benzene rings is 1. The monoisotopic (exact) mass is 222 g/mol. The molecule has 0 saturated carbocycles. The molecule has 0 spiro atoms. The van der Waals surface area contributed by atoms with Crippen molar-refractivity contribution in [2.45, 2.75) is 0 Å². The second kappa shape index (κ2) is 4.08. The number of furan rings is 1. The zero-order chi connectivity index (χ0) is 10.8. The summed E-state index contributed by atoms with van der Waals surface area (Å²) in [5.41, 5.74) is 0.683. The van der Waals surface area contributed by atoms with Crippen LogP contribution in [0, 0.1) is 0 Å². The van der Waals surface area contributed by atoms with Crippen molar-refractivity contribution < 1.29 is 13.8 Å². The number of hydrogen-bond acceptors (Lipinski definition) is 3. The van der Waals surface area contributed by atoms with Crippen LogP contribution in [0.25, 0.3) is 11.0 Å². The van der Waals surface area contributed by atoms with E-state index in [-0.39, 0.29) is 17.3 Å². The van der Waals surface area contributed by atoms with E-state index in [9.17, 15) is 9.35 Å². The molecule has 0 aliphatic rings. The van der Waals surface area contributed by atoms with Gasteiger partial charge in [-0.3, -0.25) is 4.79 Å². The molecule has 0 radical (unpaired) electrons. The molecule has 15 heavy (non-hydrogen) atoms. The van der Waals surface area contributed by atoms with Crippen molar-refractivity contribution in [1.82, 2.24) is 0 Å².